The first-order valence-electron chi connectivity index (χ1n) is 6.95. The van der Waals surface area contributed by atoms with E-state index in [9.17, 15) is 18.4 Å². The standard InChI is InChI=1S/C16H12Cl2F2N2O3/c17-9-4-5-13(10(18)6-9)25-8-15(24)21-7-14(23)22-16-11(19)2-1-3-12(16)20/h1-6H,7-8H2,(H,21,24)(H,22,23). The van der Waals surface area contributed by atoms with Gasteiger partial charge in [0.05, 0.1) is 11.6 Å². The lowest BCUT2D eigenvalue weighted by Crippen LogP contribution is -2.36. The van der Waals surface area contributed by atoms with Gasteiger partial charge in [-0.3, -0.25) is 9.59 Å². The van der Waals surface area contributed by atoms with Gasteiger partial charge in [0.25, 0.3) is 5.91 Å². The summed E-state index contributed by atoms with van der Waals surface area (Å²) >= 11 is 11.6. The summed E-state index contributed by atoms with van der Waals surface area (Å²) in [6.45, 7) is -0.882. The molecular formula is C16H12Cl2F2N2O3. The van der Waals surface area contributed by atoms with E-state index in [4.69, 9.17) is 27.9 Å². The Balaban J connectivity index is 1.80. The summed E-state index contributed by atoms with van der Waals surface area (Å²) in [5, 5.41) is 4.94. The van der Waals surface area contributed by atoms with Crippen molar-refractivity contribution >= 4 is 40.7 Å². The van der Waals surface area contributed by atoms with Crippen molar-refractivity contribution in [2.75, 3.05) is 18.5 Å². The molecule has 0 saturated heterocycles. The lowest BCUT2D eigenvalue weighted by Gasteiger charge is -2.10. The number of para-hydroxylation sites is 1. The zero-order valence-corrected chi connectivity index (χ0v) is 14.1. The first-order valence-corrected chi connectivity index (χ1v) is 7.71. The van der Waals surface area contributed by atoms with Gasteiger partial charge in [0.1, 0.15) is 23.1 Å². The molecule has 0 unspecified atom stereocenters. The van der Waals surface area contributed by atoms with Crippen LogP contribution < -0.4 is 15.4 Å². The molecule has 0 saturated carbocycles. The number of anilines is 1. The summed E-state index contributed by atoms with van der Waals surface area (Å²) in [5.41, 5.74) is -0.578. The fourth-order valence-electron chi connectivity index (χ4n) is 1.77. The maximum absolute atomic E-state index is 13.4. The number of carbonyl (C=O) groups is 2. The van der Waals surface area contributed by atoms with Crippen molar-refractivity contribution in [1.82, 2.24) is 5.32 Å². The minimum Gasteiger partial charge on any atom is -0.482 e. The van der Waals surface area contributed by atoms with Crippen LogP contribution >= 0.6 is 23.2 Å². The van der Waals surface area contributed by atoms with E-state index in [0.29, 0.717) is 5.02 Å². The largest absolute Gasteiger partial charge is 0.482 e. The Bertz CT molecular complexity index is 783. The molecule has 2 amide bonds. The molecule has 2 aromatic rings. The van der Waals surface area contributed by atoms with Crippen molar-refractivity contribution in [3.8, 4) is 5.75 Å². The van der Waals surface area contributed by atoms with E-state index in [1.807, 2.05) is 5.32 Å². The first-order chi connectivity index (χ1) is 11.9. The maximum atomic E-state index is 13.4. The summed E-state index contributed by atoms with van der Waals surface area (Å²) in [5.74, 6) is -2.99. The van der Waals surface area contributed by atoms with Crippen LogP contribution in [0.15, 0.2) is 36.4 Å². The summed E-state index contributed by atoms with van der Waals surface area (Å²) in [4.78, 5) is 23.3. The van der Waals surface area contributed by atoms with Gasteiger partial charge in [-0.05, 0) is 30.3 Å². The van der Waals surface area contributed by atoms with Crippen LogP contribution in [0.5, 0.6) is 5.75 Å². The number of hydrogen-bond donors (Lipinski definition) is 2. The van der Waals surface area contributed by atoms with Crippen molar-refractivity contribution in [2.45, 2.75) is 0 Å². The second-order valence-electron chi connectivity index (χ2n) is 4.78. The van der Waals surface area contributed by atoms with Gasteiger partial charge in [0.2, 0.25) is 5.91 Å². The van der Waals surface area contributed by atoms with E-state index >= 15 is 0 Å². The monoisotopic (exact) mass is 388 g/mol. The van der Waals surface area contributed by atoms with Crippen LogP contribution in [0.3, 0.4) is 0 Å². The highest BCUT2D eigenvalue weighted by Crippen LogP contribution is 2.27. The van der Waals surface area contributed by atoms with Crippen LogP contribution in [0.4, 0.5) is 14.5 Å². The first kappa shape index (κ1) is 19.0. The molecule has 2 rings (SSSR count). The van der Waals surface area contributed by atoms with Gasteiger partial charge in [0, 0.05) is 5.02 Å². The maximum Gasteiger partial charge on any atom is 0.258 e. The van der Waals surface area contributed by atoms with E-state index in [-0.39, 0.29) is 10.8 Å². The third-order valence-electron chi connectivity index (χ3n) is 2.93. The SMILES string of the molecule is O=C(COc1ccc(Cl)cc1Cl)NCC(=O)Nc1c(F)cccc1F. The minimum absolute atomic E-state index is 0.230. The fourth-order valence-corrected chi connectivity index (χ4v) is 2.23. The minimum atomic E-state index is -0.916. The predicted octanol–water partition coefficient (Wildman–Crippen LogP) is 3.41. The second-order valence-corrected chi connectivity index (χ2v) is 5.63. The van der Waals surface area contributed by atoms with Crippen LogP contribution in [-0.4, -0.2) is 25.0 Å². The molecule has 132 valence electrons. The van der Waals surface area contributed by atoms with Gasteiger partial charge in [-0.15, -0.1) is 0 Å². The molecule has 0 fully saturated rings. The van der Waals surface area contributed by atoms with Gasteiger partial charge in [0.15, 0.2) is 6.61 Å². The normalized spacial score (nSPS) is 10.2. The molecular weight excluding hydrogens is 377 g/mol. The molecule has 9 heteroatoms. The van der Waals surface area contributed by atoms with E-state index in [2.05, 4.69) is 5.32 Å². The van der Waals surface area contributed by atoms with Gasteiger partial charge >= 0.3 is 0 Å². The van der Waals surface area contributed by atoms with Crippen molar-refractivity contribution in [2.24, 2.45) is 0 Å². The average Bonchev–Trinajstić information content (AvgIpc) is 2.55. The lowest BCUT2D eigenvalue weighted by molar-refractivity contribution is -0.125. The molecule has 0 heterocycles. The molecule has 0 atom stereocenters. The Hall–Kier alpha value is -2.38. The van der Waals surface area contributed by atoms with Gasteiger partial charge in [-0.25, -0.2) is 8.78 Å². The smallest absolute Gasteiger partial charge is 0.258 e. The second kappa shape index (κ2) is 8.64. The van der Waals surface area contributed by atoms with Crippen LogP contribution in [0, 0.1) is 11.6 Å². The van der Waals surface area contributed by atoms with Crippen molar-refractivity contribution in [3.05, 3.63) is 58.1 Å². The molecule has 0 aliphatic heterocycles. The van der Waals surface area contributed by atoms with E-state index < -0.39 is 42.3 Å². The quantitative estimate of drug-likeness (QED) is 0.796. The Morgan fingerprint density at radius 2 is 1.72 bits per heavy atom. The third kappa shape index (κ3) is 5.58. The summed E-state index contributed by atoms with van der Waals surface area (Å²) in [7, 11) is 0. The molecule has 0 radical (unpaired) electrons. The highest BCUT2D eigenvalue weighted by molar-refractivity contribution is 6.35. The Kier molecular flexibility index (Phi) is 6.55. The number of benzene rings is 2. The van der Waals surface area contributed by atoms with Crippen LogP contribution in [-0.2, 0) is 9.59 Å². The van der Waals surface area contributed by atoms with Crippen molar-refractivity contribution < 1.29 is 23.1 Å². The summed E-state index contributed by atoms with van der Waals surface area (Å²) in [6.07, 6.45) is 0. The Morgan fingerprint density at radius 1 is 1.04 bits per heavy atom. The zero-order valence-electron chi connectivity index (χ0n) is 12.6. The molecule has 2 N–H and O–H groups in total. The van der Waals surface area contributed by atoms with Crippen LogP contribution in [0.1, 0.15) is 0 Å². The predicted molar refractivity (Wildman–Crippen MR) is 90.0 cm³/mol. The summed E-state index contributed by atoms with van der Waals surface area (Å²) < 4.78 is 32.0. The molecule has 25 heavy (non-hydrogen) atoms. The zero-order chi connectivity index (χ0) is 18.4. The average molecular weight is 389 g/mol. The van der Waals surface area contributed by atoms with Gasteiger partial charge in [-0.1, -0.05) is 29.3 Å². The van der Waals surface area contributed by atoms with E-state index in [1.54, 1.807) is 0 Å². The van der Waals surface area contributed by atoms with Crippen LogP contribution in [0.2, 0.25) is 10.0 Å². The lowest BCUT2D eigenvalue weighted by atomic mass is 10.3. The molecule has 0 aliphatic rings. The van der Waals surface area contributed by atoms with Gasteiger partial charge < -0.3 is 15.4 Å². The number of amides is 2. The molecule has 0 aliphatic carbocycles. The Labute approximate surface area is 151 Å². The highest BCUT2D eigenvalue weighted by atomic mass is 35.5. The number of halogens is 4. The molecule has 0 aromatic heterocycles. The topological polar surface area (TPSA) is 67.4 Å². The molecule has 0 spiro atoms. The van der Waals surface area contributed by atoms with Crippen molar-refractivity contribution in [3.63, 3.8) is 0 Å². The van der Waals surface area contributed by atoms with Crippen LogP contribution in [0.25, 0.3) is 0 Å². The number of hydrogen-bond acceptors (Lipinski definition) is 3. The van der Waals surface area contributed by atoms with E-state index in [1.165, 1.54) is 24.3 Å². The third-order valence-corrected chi connectivity index (χ3v) is 3.46. The highest BCUT2D eigenvalue weighted by Gasteiger charge is 2.13. The summed E-state index contributed by atoms with van der Waals surface area (Å²) in [6, 6.07) is 7.65. The number of ether oxygens (including phenoxy) is 1. The van der Waals surface area contributed by atoms with Gasteiger partial charge in [-0.2, -0.15) is 0 Å². The Morgan fingerprint density at radius 3 is 2.36 bits per heavy atom. The van der Waals surface area contributed by atoms with Crippen molar-refractivity contribution in [1.29, 1.82) is 0 Å². The fraction of sp³-hybridized carbons (Fsp3) is 0.125. The van der Waals surface area contributed by atoms with E-state index in [0.717, 1.165) is 12.1 Å². The number of rotatable bonds is 6. The molecule has 0 bridgehead atoms. The number of carbonyl (C=O) groups excluding carboxylic acids is 2. The number of nitrogens with one attached hydrogen (secondary N) is 2. The molecule has 2 aromatic carbocycles. The molecule has 5 nitrogen and oxygen atoms in total.